The number of hydrogen-bond donors (Lipinski definition) is 1. The Morgan fingerprint density at radius 1 is 1.20 bits per heavy atom. The van der Waals surface area contributed by atoms with Crippen LogP contribution in [-0.4, -0.2) is 22.0 Å². The maximum absolute atomic E-state index is 12.5. The summed E-state index contributed by atoms with van der Waals surface area (Å²) in [5.74, 6) is -1.16. The average Bonchev–Trinajstić information content (AvgIpc) is 2.73. The number of carbonyl (C=O) groups excluding carboxylic acids is 1. The zero-order valence-corrected chi connectivity index (χ0v) is 10.6. The van der Waals surface area contributed by atoms with Gasteiger partial charge in [0.05, 0.1) is 23.7 Å². The average molecular weight is 268 g/mol. The van der Waals surface area contributed by atoms with E-state index in [-0.39, 0.29) is 12.3 Å². The van der Waals surface area contributed by atoms with Crippen molar-refractivity contribution in [1.29, 1.82) is 0 Å². The Morgan fingerprint density at radius 3 is 2.65 bits per heavy atom. The lowest BCUT2D eigenvalue weighted by molar-refractivity contribution is -0.137. The first kappa shape index (κ1) is 12.3. The molecule has 1 aromatic heterocycles. The van der Waals surface area contributed by atoms with Gasteiger partial charge in [0.15, 0.2) is 0 Å². The van der Waals surface area contributed by atoms with Crippen molar-refractivity contribution in [3.05, 3.63) is 59.9 Å². The van der Waals surface area contributed by atoms with Crippen LogP contribution in [0.25, 0.3) is 0 Å². The van der Waals surface area contributed by atoms with E-state index in [0.717, 1.165) is 0 Å². The summed E-state index contributed by atoms with van der Waals surface area (Å²) < 4.78 is 0. The number of hydrogen-bond acceptors (Lipinski definition) is 3. The predicted octanol–water partition coefficient (Wildman–Crippen LogP) is 2.26. The molecule has 3 rings (SSSR count). The van der Waals surface area contributed by atoms with Gasteiger partial charge in [0, 0.05) is 11.9 Å². The molecule has 0 spiro atoms. The number of benzene rings is 1. The number of para-hydroxylation sites is 1. The van der Waals surface area contributed by atoms with Crippen LogP contribution in [0.2, 0.25) is 0 Å². The van der Waals surface area contributed by atoms with Crippen molar-refractivity contribution < 1.29 is 14.7 Å². The number of anilines is 1. The van der Waals surface area contributed by atoms with Gasteiger partial charge in [-0.15, -0.1) is 0 Å². The Balaban J connectivity index is 2.10. The number of fused-ring (bicyclic) bond motifs is 1. The Labute approximate surface area is 115 Å². The van der Waals surface area contributed by atoms with Gasteiger partial charge >= 0.3 is 5.97 Å². The summed E-state index contributed by atoms with van der Waals surface area (Å²) >= 11 is 0. The SMILES string of the molecule is O=C(O)CC1c2ncccc2C(=O)N1c1ccccc1. The van der Waals surface area contributed by atoms with Gasteiger partial charge in [0.1, 0.15) is 0 Å². The third-order valence-electron chi connectivity index (χ3n) is 3.32. The molecule has 0 radical (unpaired) electrons. The van der Waals surface area contributed by atoms with Gasteiger partial charge in [0.2, 0.25) is 0 Å². The summed E-state index contributed by atoms with van der Waals surface area (Å²) in [7, 11) is 0. The number of nitrogens with zero attached hydrogens (tertiary/aromatic N) is 2. The lowest BCUT2D eigenvalue weighted by Crippen LogP contribution is -2.29. The minimum absolute atomic E-state index is 0.162. The fraction of sp³-hybridized carbons (Fsp3) is 0.133. The van der Waals surface area contributed by atoms with Crippen LogP contribution >= 0.6 is 0 Å². The molecule has 1 N–H and O–H groups in total. The highest BCUT2D eigenvalue weighted by Crippen LogP contribution is 2.37. The Hall–Kier alpha value is -2.69. The highest BCUT2D eigenvalue weighted by Gasteiger charge is 2.39. The Morgan fingerprint density at radius 2 is 1.95 bits per heavy atom. The van der Waals surface area contributed by atoms with E-state index in [1.807, 2.05) is 18.2 Å². The molecular weight excluding hydrogens is 256 g/mol. The number of carbonyl (C=O) groups is 2. The fourth-order valence-corrected chi connectivity index (χ4v) is 2.50. The normalized spacial score (nSPS) is 17.1. The van der Waals surface area contributed by atoms with Crippen LogP contribution in [0.1, 0.15) is 28.5 Å². The summed E-state index contributed by atoms with van der Waals surface area (Å²) in [6.45, 7) is 0. The zero-order valence-electron chi connectivity index (χ0n) is 10.6. The third kappa shape index (κ3) is 1.93. The molecule has 0 saturated carbocycles. The first-order valence-electron chi connectivity index (χ1n) is 6.24. The van der Waals surface area contributed by atoms with Crippen molar-refractivity contribution in [3.63, 3.8) is 0 Å². The molecule has 0 saturated heterocycles. The first-order valence-corrected chi connectivity index (χ1v) is 6.24. The number of aliphatic carboxylic acids is 1. The maximum atomic E-state index is 12.5. The second-order valence-electron chi connectivity index (χ2n) is 4.56. The number of rotatable bonds is 3. The molecule has 0 bridgehead atoms. The van der Waals surface area contributed by atoms with E-state index in [0.29, 0.717) is 16.9 Å². The minimum Gasteiger partial charge on any atom is -0.481 e. The summed E-state index contributed by atoms with van der Waals surface area (Å²) in [6, 6.07) is 11.9. The molecule has 1 amide bonds. The summed E-state index contributed by atoms with van der Waals surface area (Å²) in [6.07, 6.45) is 1.42. The van der Waals surface area contributed by atoms with E-state index in [1.165, 1.54) is 4.90 Å². The molecule has 0 aliphatic carbocycles. The Kier molecular flexibility index (Phi) is 2.95. The van der Waals surface area contributed by atoms with Crippen LogP contribution in [0.5, 0.6) is 0 Å². The van der Waals surface area contributed by atoms with E-state index >= 15 is 0 Å². The molecule has 1 atom stereocenters. The largest absolute Gasteiger partial charge is 0.481 e. The van der Waals surface area contributed by atoms with E-state index in [9.17, 15) is 9.59 Å². The molecule has 5 heteroatoms. The molecule has 1 unspecified atom stereocenters. The van der Waals surface area contributed by atoms with Crippen LogP contribution in [0.3, 0.4) is 0 Å². The summed E-state index contributed by atoms with van der Waals surface area (Å²) in [5.41, 5.74) is 1.69. The molecule has 20 heavy (non-hydrogen) atoms. The number of carboxylic acids is 1. The molecule has 1 aromatic carbocycles. The fourth-order valence-electron chi connectivity index (χ4n) is 2.50. The lowest BCUT2D eigenvalue weighted by Gasteiger charge is -2.23. The minimum atomic E-state index is -0.956. The van der Waals surface area contributed by atoms with E-state index in [4.69, 9.17) is 5.11 Å². The van der Waals surface area contributed by atoms with Gasteiger partial charge in [-0.1, -0.05) is 18.2 Å². The number of carboxylic acid groups (broad SMARTS) is 1. The van der Waals surface area contributed by atoms with Gasteiger partial charge < -0.3 is 5.11 Å². The molecule has 100 valence electrons. The van der Waals surface area contributed by atoms with Crippen molar-refractivity contribution in [2.75, 3.05) is 4.90 Å². The monoisotopic (exact) mass is 268 g/mol. The number of aromatic nitrogens is 1. The van der Waals surface area contributed by atoms with Gasteiger partial charge in [0.25, 0.3) is 5.91 Å². The van der Waals surface area contributed by atoms with Crippen LogP contribution < -0.4 is 4.90 Å². The molecule has 5 nitrogen and oxygen atoms in total. The maximum Gasteiger partial charge on any atom is 0.305 e. The van der Waals surface area contributed by atoms with Gasteiger partial charge in [-0.2, -0.15) is 0 Å². The second-order valence-corrected chi connectivity index (χ2v) is 4.56. The van der Waals surface area contributed by atoms with E-state index in [2.05, 4.69) is 4.98 Å². The Bertz CT molecular complexity index is 670. The molecule has 1 aliphatic heterocycles. The lowest BCUT2D eigenvalue weighted by atomic mass is 10.1. The van der Waals surface area contributed by atoms with Crippen LogP contribution in [0, 0.1) is 0 Å². The highest BCUT2D eigenvalue weighted by atomic mass is 16.4. The van der Waals surface area contributed by atoms with Crippen molar-refractivity contribution in [1.82, 2.24) is 4.98 Å². The van der Waals surface area contributed by atoms with E-state index < -0.39 is 12.0 Å². The number of pyridine rings is 1. The smallest absolute Gasteiger partial charge is 0.305 e. The molecular formula is C15H12N2O3. The highest BCUT2D eigenvalue weighted by molar-refractivity contribution is 6.11. The van der Waals surface area contributed by atoms with Crippen LogP contribution in [0.4, 0.5) is 5.69 Å². The standard InChI is InChI=1S/C15H12N2O3/c18-13(19)9-12-14-11(7-4-8-16-14)15(20)17(12)10-5-2-1-3-6-10/h1-8,12H,9H2,(H,18,19). The van der Waals surface area contributed by atoms with Gasteiger partial charge in [-0.25, -0.2) is 0 Å². The quantitative estimate of drug-likeness (QED) is 0.926. The van der Waals surface area contributed by atoms with Crippen molar-refractivity contribution in [2.24, 2.45) is 0 Å². The van der Waals surface area contributed by atoms with Crippen molar-refractivity contribution in [3.8, 4) is 0 Å². The summed E-state index contributed by atoms with van der Waals surface area (Å²) in [5, 5.41) is 9.08. The zero-order chi connectivity index (χ0) is 14.1. The van der Waals surface area contributed by atoms with Crippen LogP contribution in [-0.2, 0) is 4.79 Å². The second kappa shape index (κ2) is 4.77. The number of amides is 1. The first-order chi connectivity index (χ1) is 9.68. The van der Waals surface area contributed by atoms with Gasteiger partial charge in [-0.05, 0) is 24.3 Å². The van der Waals surface area contributed by atoms with Gasteiger partial charge in [-0.3, -0.25) is 19.5 Å². The van der Waals surface area contributed by atoms with Crippen molar-refractivity contribution in [2.45, 2.75) is 12.5 Å². The topological polar surface area (TPSA) is 70.5 Å². The molecule has 2 aromatic rings. The summed E-state index contributed by atoms with van der Waals surface area (Å²) in [4.78, 5) is 29.3. The van der Waals surface area contributed by atoms with Crippen LogP contribution in [0.15, 0.2) is 48.7 Å². The van der Waals surface area contributed by atoms with E-state index in [1.54, 1.807) is 30.5 Å². The predicted molar refractivity (Wildman–Crippen MR) is 72.5 cm³/mol. The molecule has 1 aliphatic rings. The third-order valence-corrected chi connectivity index (χ3v) is 3.32. The molecule has 2 heterocycles. The van der Waals surface area contributed by atoms with Crippen molar-refractivity contribution >= 4 is 17.6 Å². The molecule has 0 fully saturated rings.